The number of amides is 2. The SMILES string of the molecule is O=C(NCC(=O)c1cc(NC(=O)C2C(c3cc(Cl)cc(Cl)c3)C2(Cl)Cl)ccc1Cl)c1ccccn1. The summed E-state index contributed by atoms with van der Waals surface area (Å²) in [5.74, 6) is -2.68. The van der Waals surface area contributed by atoms with Crippen molar-refractivity contribution in [3.63, 3.8) is 0 Å². The fourth-order valence-electron chi connectivity index (χ4n) is 3.70. The van der Waals surface area contributed by atoms with Gasteiger partial charge in [-0.1, -0.05) is 40.9 Å². The summed E-state index contributed by atoms with van der Waals surface area (Å²) in [5, 5.41) is 6.19. The number of nitrogens with zero attached hydrogens (tertiary/aromatic N) is 1. The molecule has 0 aliphatic heterocycles. The highest BCUT2D eigenvalue weighted by Gasteiger charge is 2.67. The molecule has 1 heterocycles. The van der Waals surface area contributed by atoms with E-state index in [-0.39, 0.29) is 22.8 Å². The summed E-state index contributed by atoms with van der Waals surface area (Å²) in [6.07, 6.45) is 1.47. The number of nitrogens with one attached hydrogen (secondary N) is 2. The molecular weight excluding hydrogens is 556 g/mol. The van der Waals surface area contributed by atoms with Gasteiger partial charge in [0.05, 0.1) is 17.5 Å². The third-order valence-corrected chi connectivity index (χ3v) is 7.13. The summed E-state index contributed by atoms with van der Waals surface area (Å²) in [6.45, 7) is -0.306. The van der Waals surface area contributed by atoms with E-state index in [9.17, 15) is 14.4 Å². The number of alkyl halides is 2. The van der Waals surface area contributed by atoms with Crippen LogP contribution in [0.1, 0.15) is 32.3 Å². The largest absolute Gasteiger partial charge is 0.343 e. The highest BCUT2D eigenvalue weighted by molar-refractivity contribution is 6.53. The molecule has 2 N–H and O–H groups in total. The van der Waals surface area contributed by atoms with Gasteiger partial charge in [0, 0.05) is 33.4 Å². The monoisotopic (exact) mass is 569 g/mol. The van der Waals surface area contributed by atoms with Gasteiger partial charge >= 0.3 is 0 Å². The molecule has 1 saturated carbocycles. The third kappa shape index (κ3) is 5.74. The third-order valence-electron chi connectivity index (χ3n) is 5.42. The minimum atomic E-state index is -1.35. The van der Waals surface area contributed by atoms with Gasteiger partial charge in [0.15, 0.2) is 5.78 Å². The molecule has 180 valence electrons. The van der Waals surface area contributed by atoms with Crippen molar-refractivity contribution in [2.75, 3.05) is 11.9 Å². The van der Waals surface area contributed by atoms with E-state index in [2.05, 4.69) is 15.6 Å². The summed E-state index contributed by atoms with van der Waals surface area (Å²) in [6, 6.07) is 14.2. The van der Waals surface area contributed by atoms with Gasteiger partial charge in [0.25, 0.3) is 5.91 Å². The van der Waals surface area contributed by atoms with E-state index in [0.29, 0.717) is 21.3 Å². The minimum Gasteiger partial charge on any atom is -0.343 e. The first-order chi connectivity index (χ1) is 16.6. The second kappa shape index (κ2) is 10.3. The topological polar surface area (TPSA) is 88.2 Å². The molecule has 0 spiro atoms. The van der Waals surface area contributed by atoms with Gasteiger partial charge in [-0.2, -0.15) is 0 Å². The Morgan fingerprint density at radius 2 is 1.66 bits per heavy atom. The average molecular weight is 572 g/mol. The second-order valence-corrected chi connectivity index (χ2v) is 10.6. The number of carbonyl (C=O) groups is 3. The standard InChI is InChI=1S/C24H16Cl5N3O3/c25-13-7-12(8-14(26)9-13)20-21(24(20,28)29)23(35)32-15-4-5-17(27)16(10-15)19(33)11-31-22(34)18-3-1-2-6-30-18/h1-10,20-21H,11H2,(H,31,34)(H,32,35). The lowest BCUT2D eigenvalue weighted by Crippen LogP contribution is -2.30. The van der Waals surface area contributed by atoms with Gasteiger partial charge in [-0.05, 0) is 54.1 Å². The maximum atomic E-state index is 13.0. The zero-order valence-electron chi connectivity index (χ0n) is 17.7. The number of carbonyl (C=O) groups excluding carboxylic acids is 3. The molecule has 1 aromatic heterocycles. The number of hydrogen-bond acceptors (Lipinski definition) is 4. The van der Waals surface area contributed by atoms with Gasteiger partial charge in [0.1, 0.15) is 10.0 Å². The van der Waals surface area contributed by atoms with Crippen molar-refractivity contribution in [2.24, 2.45) is 5.92 Å². The van der Waals surface area contributed by atoms with Gasteiger partial charge in [-0.15, -0.1) is 23.2 Å². The minimum absolute atomic E-state index is 0.128. The molecule has 35 heavy (non-hydrogen) atoms. The smallest absolute Gasteiger partial charge is 0.270 e. The molecule has 6 nitrogen and oxygen atoms in total. The number of aromatic nitrogens is 1. The number of Topliss-reactive ketones (excluding diaryl/α,β-unsaturated/α-hetero) is 1. The Kier molecular flexibility index (Phi) is 7.60. The normalized spacial score (nSPS) is 18.0. The Labute approximate surface area is 225 Å². The number of anilines is 1. The van der Waals surface area contributed by atoms with E-state index in [1.54, 1.807) is 36.4 Å². The molecule has 2 aromatic carbocycles. The molecule has 2 unspecified atom stereocenters. The van der Waals surface area contributed by atoms with Crippen molar-refractivity contribution in [1.82, 2.24) is 10.3 Å². The van der Waals surface area contributed by atoms with Crippen LogP contribution in [0.5, 0.6) is 0 Å². The fourth-order valence-corrected chi connectivity index (χ4v) is 5.30. The molecule has 1 fully saturated rings. The predicted molar refractivity (Wildman–Crippen MR) is 138 cm³/mol. The number of ketones is 1. The number of rotatable bonds is 7. The van der Waals surface area contributed by atoms with E-state index in [1.807, 2.05) is 0 Å². The van der Waals surface area contributed by atoms with Crippen LogP contribution < -0.4 is 10.6 Å². The zero-order chi connectivity index (χ0) is 25.3. The van der Waals surface area contributed by atoms with Crippen molar-refractivity contribution < 1.29 is 14.4 Å². The molecule has 3 aromatic rings. The van der Waals surface area contributed by atoms with E-state index in [4.69, 9.17) is 58.0 Å². The lowest BCUT2D eigenvalue weighted by molar-refractivity contribution is -0.117. The van der Waals surface area contributed by atoms with Crippen LogP contribution in [0.15, 0.2) is 60.8 Å². The van der Waals surface area contributed by atoms with Gasteiger partial charge in [-0.3, -0.25) is 19.4 Å². The first kappa shape index (κ1) is 25.7. The number of halogens is 5. The lowest BCUT2D eigenvalue weighted by Gasteiger charge is -2.10. The first-order valence-electron chi connectivity index (χ1n) is 10.2. The summed E-state index contributed by atoms with van der Waals surface area (Å²) in [7, 11) is 0. The van der Waals surface area contributed by atoms with E-state index >= 15 is 0 Å². The van der Waals surface area contributed by atoms with Crippen LogP contribution in [0.2, 0.25) is 15.1 Å². The summed E-state index contributed by atoms with van der Waals surface area (Å²) >= 11 is 31.1. The molecular formula is C24H16Cl5N3O3. The van der Waals surface area contributed by atoms with Gasteiger partial charge < -0.3 is 10.6 Å². The Bertz CT molecular complexity index is 1300. The fraction of sp³-hybridized carbons (Fsp3) is 0.167. The zero-order valence-corrected chi connectivity index (χ0v) is 21.5. The molecule has 0 bridgehead atoms. The van der Waals surface area contributed by atoms with Crippen LogP contribution in [-0.2, 0) is 4.79 Å². The van der Waals surface area contributed by atoms with E-state index in [0.717, 1.165) is 0 Å². The van der Waals surface area contributed by atoms with Crippen molar-refractivity contribution in [2.45, 2.75) is 10.3 Å². The summed E-state index contributed by atoms with van der Waals surface area (Å²) in [4.78, 5) is 41.7. The second-order valence-electron chi connectivity index (χ2n) is 7.84. The van der Waals surface area contributed by atoms with Gasteiger partial charge in [0.2, 0.25) is 5.91 Å². The lowest BCUT2D eigenvalue weighted by atomic mass is 10.1. The highest BCUT2D eigenvalue weighted by atomic mass is 35.5. The molecule has 0 radical (unpaired) electrons. The first-order valence-corrected chi connectivity index (χ1v) is 12.1. The molecule has 0 saturated heterocycles. The quantitative estimate of drug-likeness (QED) is 0.262. The van der Waals surface area contributed by atoms with E-state index in [1.165, 1.54) is 24.4 Å². The van der Waals surface area contributed by atoms with E-state index < -0.39 is 33.8 Å². The Morgan fingerprint density at radius 3 is 2.31 bits per heavy atom. The predicted octanol–water partition coefficient (Wildman–Crippen LogP) is 6.18. The van der Waals surface area contributed by atoms with Crippen LogP contribution in [0.25, 0.3) is 0 Å². The molecule has 4 rings (SSSR count). The molecule has 2 atom stereocenters. The average Bonchev–Trinajstić information content (AvgIpc) is 3.40. The Balaban J connectivity index is 1.44. The molecule has 2 amide bonds. The van der Waals surface area contributed by atoms with Crippen LogP contribution >= 0.6 is 58.0 Å². The van der Waals surface area contributed by atoms with Gasteiger partial charge in [-0.25, -0.2) is 0 Å². The van der Waals surface area contributed by atoms with Crippen LogP contribution in [-0.4, -0.2) is 33.5 Å². The number of benzene rings is 2. The maximum absolute atomic E-state index is 13.0. The molecule has 1 aliphatic rings. The number of pyridine rings is 1. The van der Waals surface area contributed by atoms with Crippen molar-refractivity contribution in [3.8, 4) is 0 Å². The molecule has 11 heteroatoms. The van der Waals surface area contributed by atoms with Crippen molar-refractivity contribution >= 4 is 81.3 Å². The summed E-state index contributed by atoms with van der Waals surface area (Å²) < 4.78 is -1.35. The van der Waals surface area contributed by atoms with Crippen LogP contribution in [0.3, 0.4) is 0 Å². The Hall–Kier alpha value is -2.35. The van der Waals surface area contributed by atoms with Crippen molar-refractivity contribution in [3.05, 3.63) is 92.7 Å². The number of hydrogen-bond donors (Lipinski definition) is 2. The van der Waals surface area contributed by atoms with Crippen molar-refractivity contribution in [1.29, 1.82) is 0 Å². The van der Waals surface area contributed by atoms with Crippen LogP contribution in [0, 0.1) is 5.92 Å². The highest BCUT2D eigenvalue weighted by Crippen LogP contribution is 2.65. The maximum Gasteiger partial charge on any atom is 0.270 e. The van der Waals surface area contributed by atoms with Crippen LogP contribution in [0.4, 0.5) is 5.69 Å². The summed E-state index contributed by atoms with van der Waals surface area (Å²) in [5.41, 5.74) is 1.27. The molecule has 1 aliphatic carbocycles. The Morgan fingerprint density at radius 1 is 0.943 bits per heavy atom.